The number of pyridine rings is 1. The molecule has 0 saturated heterocycles. The molecule has 0 bridgehead atoms. The van der Waals surface area contributed by atoms with Crippen LogP contribution in [0.25, 0.3) is 38.8 Å². The summed E-state index contributed by atoms with van der Waals surface area (Å²) in [7, 11) is 0. The standard InChI is InChI=1S/C72H71N4O.Pt/c1-68(2,3)54-38-55(69(4,5)6)40-57(39-54)75-47-74(64-34-30-52(43-66(64)75)71(10,11)50-25-19-15-20-26-50)58-41-56(70(7,8)9)42-60(45-58)77-59-31-32-61-62-37-49(48-23-17-14-18-24-48)29-33-63(62)76(65(61)46-59)67-44-53(35-36-73-67)72(12,13)51-27-21-16-22-28-51;/h14-44,47H,1-13H3;/q-3;. The van der Waals surface area contributed by atoms with Gasteiger partial charge in [-0.05, 0) is 109 Å². The van der Waals surface area contributed by atoms with Crippen molar-refractivity contribution in [2.75, 3.05) is 9.80 Å². The smallest absolute Gasteiger partial charge is 0.135 e. The van der Waals surface area contributed by atoms with E-state index >= 15 is 0 Å². The predicted octanol–water partition coefficient (Wildman–Crippen LogP) is 19.2. The van der Waals surface area contributed by atoms with Gasteiger partial charge in [0.15, 0.2) is 0 Å². The van der Waals surface area contributed by atoms with Gasteiger partial charge in [0.05, 0.1) is 0 Å². The molecule has 10 aromatic rings. The largest absolute Gasteiger partial charge is 0.509 e. The number of nitrogens with zero attached hydrogens (tertiary/aromatic N) is 4. The summed E-state index contributed by atoms with van der Waals surface area (Å²) in [5.41, 5.74) is 16.3. The van der Waals surface area contributed by atoms with Crippen molar-refractivity contribution in [3.05, 3.63) is 246 Å². The van der Waals surface area contributed by atoms with Crippen molar-refractivity contribution >= 4 is 44.6 Å². The summed E-state index contributed by atoms with van der Waals surface area (Å²) in [5, 5.41) is 2.18. The second-order valence-corrected chi connectivity index (χ2v) is 25.2. The van der Waals surface area contributed by atoms with Crippen LogP contribution in [0.5, 0.6) is 11.5 Å². The molecule has 1 aliphatic rings. The van der Waals surface area contributed by atoms with Gasteiger partial charge in [0.25, 0.3) is 0 Å². The fourth-order valence-electron chi connectivity index (χ4n) is 10.8. The number of anilines is 4. The summed E-state index contributed by atoms with van der Waals surface area (Å²) in [6.07, 6.45) is 1.94. The zero-order chi connectivity index (χ0) is 54.2. The molecule has 0 radical (unpaired) electrons. The van der Waals surface area contributed by atoms with E-state index in [2.05, 4.69) is 299 Å². The number of hydrogen-bond donors (Lipinski definition) is 0. The molecule has 0 fully saturated rings. The molecule has 398 valence electrons. The molecule has 1 aliphatic heterocycles. The molecular formula is C72H71N4OPt-3. The average Bonchev–Trinajstić information content (AvgIpc) is 4.17. The summed E-state index contributed by atoms with van der Waals surface area (Å²) >= 11 is 0. The van der Waals surface area contributed by atoms with Crippen LogP contribution in [0.1, 0.15) is 129 Å². The molecule has 78 heavy (non-hydrogen) atoms. The molecule has 3 heterocycles. The quantitative estimate of drug-likeness (QED) is 0.128. The van der Waals surface area contributed by atoms with E-state index in [1.54, 1.807) is 0 Å². The third kappa shape index (κ3) is 10.2. The van der Waals surface area contributed by atoms with E-state index in [0.29, 0.717) is 11.5 Å². The first-order chi connectivity index (χ1) is 36.5. The molecular weight excluding hydrogens is 1130 g/mol. The summed E-state index contributed by atoms with van der Waals surface area (Å²) in [6, 6.07) is 73.6. The van der Waals surface area contributed by atoms with Crippen LogP contribution in [0.15, 0.2) is 188 Å². The first kappa shape index (κ1) is 54.2. The number of fused-ring (bicyclic) bond motifs is 4. The van der Waals surface area contributed by atoms with Crippen LogP contribution in [0.3, 0.4) is 0 Å². The van der Waals surface area contributed by atoms with E-state index in [-0.39, 0.29) is 48.1 Å². The van der Waals surface area contributed by atoms with Gasteiger partial charge in [-0.2, -0.15) is 6.07 Å². The second kappa shape index (κ2) is 20.2. The molecule has 8 aromatic carbocycles. The third-order valence-electron chi connectivity index (χ3n) is 16.0. The van der Waals surface area contributed by atoms with E-state index in [1.165, 1.54) is 38.9 Å². The van der Waals surface area contributed by atoms with E-state index in [4.69, 9.17) is 9.72 Å². The van der Waals surface area contributed by atoms with Gasteiger partial charge >= 0.3 is 0 Å². The van der Waals surface area contributed by atoms with E-state index in [1.807, 2.05) is 12.3 Å². The van der Waals surface area contributed by atoms with E-state index < -0.39 is 0 Å². The van der Waals surface area contributed by atoms with Crippen LogP contribution in [0, 0.1) is 18.8 Å². The van der Waals surface area contributed by atoms with Crippen molar-refractivity contribution in [1.82, 2.24) is 9.55 Å². The topological polar surface area (TPSA) is 33.5 Å². The van der Waals surface area contributed by atoms with Gasteiger partial charge in [0.1, 0.15) is 5.82 Å². The minimum atomic E-state index is -0.265. The molecule has 0 saturated carbocycles. The number of benzene rings is 8. The van der Waals surface area contributed by atoms with Gasteiger partial charge in [0.2, 0.25) is 0 Å². The molecule has 0 amide bonds. The Kier molecular flexibility index (Phi) is 14.0. The maximum absolute atomic E-state index is 7.06. The fraction of sp³-hybridized carbons (Fsp3) is 0.250. The van der Waals surface area contributed by atoms with E-state index in [9.17, 15) is 0 Å². The first-order valence-electron chi connectivity index (χ1n) is 27.2. The normalized spacial score (nSPS) is 13.2. The Hall–Kier alpha value is -7.20. The van der Waals surface area contributed by atoms with Crippen LogP contribution in [-0.4, -0.2) is 9.55 Å². The van der Waals surface area contributed by atoms with Crippen molar-refractivity contribution in [2.45, 2.75) is 117 Å². The van der Waals surface area contributed by atoms with Crippen molar-refractivity contribution in [3.63, 3.8) is 0 Å². The van der Waals surface area contributed by atoms with Crippen LogP contribution in [0.4, 0.5) is 22.7 Å². The van der Waals surface area contributed by atoms with Crippen LogP contribution < -0.4 is 14.5 Å². The molecule has 6 heteroatoms. The molecule has 0 aliphatic carbocycles. The molecule has 0 unspecified atom stereocenters. The van der Waals surface area contributed by atoms with Crippen LogP contribution in [0.2, 0.25) is 0 Å². The Morgan fingerprint density at radius 1 is 0.423 bits per heavy atom. The first-order valence-corrected chi connectivity index (χ1v) is 27.2. The molecule has 0 spiro atoms. The van der Waals surface area contributed by atoms with Gasteiger partial charge in [-0.3, -0.25) is 0 Å². The van der Waals surface area contributed by atoms with Crippen molar-refractivity contribution in [2.24, 2.45) is 0 Å². The van der Waals surface area contributed by atoms with Gasteiger partial charge in [-0.15, -0.1) is 53.6 Å². The summed E-state index contributed by atoms with van der Waals surface area (Å²) in [6.45, 7) is 32.1. The van der Waals surface area contributed by atoms with Gasteiger partial charge < -0.3 is 19.1 Å². The zero-order valence-electron chi connectivity index (χ0n) is 47.5. The Balaban J connectivity index is 0.00000688. The third-order valence-corrected chi connectivity index (χ3v) is 16.0. The Morgan fingerprint density at radius 3 is 1.60 bits per heavy atom. The van der Waals surface area contributed by atoms with Crippen molar-refractivity contribution < 1.29 is 25.8 Å². The zero-order valence-corrected chi connectivity index (χ0v) is 49.8. The monoisotopic (exact) mass is 1200 g/mol. The molecule has 5 nitrogen and oxygen atoms in total. The molecule has 2 aromatic heterocycles. The van der Waals surface area contributed by atoms with E-state index in [0.717, 1.165) is 61.5 Å². The number of hydrogen-bond acceptors (Lipinski definition) is 4. The Morgan fingerprint density at radius 2 is 1.00 bits per heavy atom. The maximum atomic E-state index is 7.06. The summed E-state index contributed by atoms with van der Waals surface area (Å²) in [5.74, 6) is 2.02. The fourth-order valence-corrected chi connectivity index (χ4v) is 10.8. The minimum Gasteiger partial charge on any atom is -0.509 e. The maximum Gasteiger partial charge on any atom is 0.135 e. The van der Waals surface area contributed by atoms with Crippen molar-refractivity contribution in [3.8, 4) is 28.4 Å². The van der Waals surface area contributed by atoms with Crippen LogP contribution >= 0.6 is 0 Å². The summed E-state index contributed by atoms with van der Waals surface area (Å²) in [4.78, 5) is 9.75. The minimum absolute atomic E-state index is 0. The SMILES string of the molecule is CC(C)(C)c1cc(Oc2[c-]c3c(cc2)c2cc(-c4ccccc4)ccc2n3-c2cc(C(C)(C)c3ccccc3)ccn2)[c-]c(N2[CH-]N(c3cc(C(C)(C)C)cc(C(C)(C)C)c3)c3cc(C(C)(C)c4ccccc4)ccc32)c1.[Pt]. The second-order valence-electron chi connectivity index (χ2n) is 25.2. The molecule has 11 rings (SSSR count). The van der Waals surface area contributed by atoms with Crippen LogP contribution in [-0.2, 0) is 48.1 Å². The summed E-state index contributed by atoms with van der Waals surface area (Å²) < 4.78 is 9.30. The van der Waals surface area contributed by atoms with Gasteiger partial charge in [-0.25, -0.2) is 4.98 Å². The Labute approximate surface area is 478 Å². The number of aromatic nitrogens is 2. The van der Waals surface area contributed by atoms with Gasteiger partial charge in [-0.1, -0.05) is 211 Å². The van der Waals surface area contributed by atoms with Crippen molar-refractivity contribution in [1.29, 1.82) is 0 Å². The predicted molar refractivity (Wildman–Crippen MR) is 323 cm³/mol. The molecule has 0 atom stereocenters. The molecule has 0 N–H and O–H groups in total. The van der Waals surface area contributed by atoms with Gasteiger partial charge in [0, 0.05) is 72.2 Å². The number of ether oxygens (including phenoxy) is 1. The number of rotatable bonds is 10. The average molecular weight is 1200 g/mol. The Bertz CT molecular complexity index is 3780.